The van der Waals surface area contributed by atoms with Crippen molar-refractivity contribution in [1.82, 2.24) is 0 Å². The summed E-state index contributed by atoms with van der Waals surface area (Å²) in [6.07, 6.45) is 0. The van der Waals surface area contributed by atoms with Gasteiger partial charge >= 0.3 is 0 Å². The quantitative estimate of drug-likeness (QED) is 0.705. The largest absolute Gasteiger partial charge is 0.468 e. The average molecular weight is 212 g/mol. The molecule has 0 fully saturated rings. The molecular formula is C9H6ClNOS. The van der Waals surface area contributed by atoms with Gasteiger partial charge in [0.15, 0.2) is 11.7 Å². The molecule has 0 aliphatic heterocycles. The first-order chi connectivity index (χ1) is 6.24. The Morgan fingerprint density at radius 3 is 2.62 bits per heavy atom. The first-order valence-corrected chi connectivity index (χ1v) is 4.32. The highest BCUT2D eigenvalue weighted by atomic mass is 35.5. The maximum Gasteiger partial charge on any atom is 0.192 e. The van der Waals surface area contributed by atoms with E-state index in [0.29, 0.717) is 10.1 Å². The number of halogens is 1. The minimum atomic E-state index is -0.0263. The van der Waals surface area contributed by atoms with E-state index in [0.717, 1.165) is 5.56 Å². The summed E-state index contributed by atoms with van der Waals surface area (Å²) >= 11 is 10.6. The SMILES string of the molecule is N#CCOC(=S)c1ccc(Cl)cc1. The molecule has 0 unspecified atom stereocenters. The summed E-state index contributed by atoms with van der Waals surface area (Å²) in [4.78, 5) is 0. The van der Waals surface area contributed by atoms with Gasteiger partial charge in [0.1, 0.15) is 6.07 Å². The monoisotopic (exact) mass is 211 g/mol. The summed E-state index contributed by atoms with van der Waals surface area (Å²) in [5, 5.41) is 9.21. The smallest absolute Gasteiger partial charge is 0.192 e. The van der Waals surface area contributed by atoms with Gasteiger partial charge in [-0.05, 0) is 36.5 Å². The molecule has 13 heavy (non-hydrogen) atoms. The number of thiocarbonyl (C=S) groups is 1. The Hall–Kier alpha value is -1.11. The van der Waals surface area contributed by atoms with Crippen LogP contribution >= 0.6 is 23.8 Å². The fourth-order valence-electron chi connectivity index (χ4n) is 0.767. The molecule has 0 aromatic heterocycles. The standard InChI is InChI=1S/C9H6ClNOS/c10-8-3-1-7(2-4-8)9(13)12-6-5-11/h1-4H,6H2. The van der Waals surface area contributed by atoms with E-state index < -0.39 is 0 Å². The second-order valence-electron chi connectivity index (χ2n) is 2.24. The van der Waals surface area contributed by atoms with Gasteiger partial charge in [-0.2, -0.15) is 5.26 Å². The first kappa shape index (κ1) is 9.97. The van der Waals surface area contributed by atoms with E-state index in [1.165, 1.54) is 0 Å². The highest BCUT2D eigenvalue weighted by Crippen LogP contribution is 2.10. The fourth-order valence-corrected chi connectivity index (χ4v) is 1.09. The molecule has 2 nitrogen and oxygen atoms in total. The lowest BCUT2D eigenvalue weighted by molar-refractivity contribution is 0.367. The maximum atomic E-state index is 8.25. The van der Waals surface area contributed by atoms with E-state index in [2.05, 4.69) is 0 Å². The van der Waals surface area contributed by atoms with E-state index in [-0.39, 0.29) is 6.61 Å². The van der Waals surface area contributed by atoms with Gasteiger partial charge in [-0.1, -0.05) is 11.6 Å². The Balaban J connectivity index is 2.68. The van der Waals surface area contributed by atoms with Gasteiger partial charge < -0.3 is 4.74 Å². The second kappa shape index (κ2) is 4.80. The molecule has 0 atom stereocenters. The Labute approximate surface area is 86.7 Å². The van der Waals surface area contributed by atoms with Crippen LogP contribution in [-0.2, 0) is 4.74 Å². The van der Waals surface area contributed by atoms with E-state index >= 15 is 0 Å². The number of nitrogens with zero attached hydrogens (tertiary/aromatic N) is 1. The van der Waals surface area contributed by atoms with Crippen molar-refractivity contribution in [3.8, 4) is 6.07 Å². The molecule has 0 saturated carbocycles. The lowest BCUT2D eigenvalue weighted by Gasteiger charge is -2.02. The number of nitriles is 1. The van der Waals surface area contributed by atoms with Crippen molar-refractivity contribution in [2.24, 2.45) is 0 Å². The van der Waals surface area contributed by atoms with E-state index in [1.54, 1.807) is 24.3 Å². The van der Waals surface area contributed by atoms with Crippen LogP contribution in [0.2, 0.25) is 5.02 Å². The van der Waals surface area contributed by atoms with Gasteiger partial charge in [0.2, 0.25) is 0 Å². The lowest BCUT2D eigenvalue weighted by atomic mass is 10.2. The van der Waals surface area contributed by atoms with Crippen LogP contribution in [-0.4, -0.2) is 11.7 Å². The molecular weight excluding hydrogens is 206 g/mol. The predicted octanol–water partition coefficient (Wildman–Crippen LogP) is 2.56. The van der Waals surface area contributed by atoms with Crippen LogP contribution < -0.4 is 0 Å². The normalized spacial score (nSPS) is 8.92. The molecule has 0 radical (unpaired) electrons. The van der Waals surface area contributed by atoms with Crippen molar-refractivity contribution in [2.45, 2.75) is 0 Å². The zero-order valence-corrected chi connectivity index (χ0v) is 8.23. The van der Waals surface area contributed by atoms with Crippen molar-refractivity contribution >= 4 is 28.9 Å². The van der Waals surface area contributed by atoms with Crippen LogP contribution in [0, 0.1) is 11.3 Å². The third-order valence-electron chi connectivity index (χ3n) is 1.35. The summed E-state index contributed by atoms with van der Waals surface area (Å²) in [5.74, 6) is 0. The van der Waals surface area contributed by atoms with Crippen LogP contribution in [0.3, 0.4) is 0 Å². The fraction of sp³-hybridized carbons (Fsp3) is 0.111. The number of benzene rings is 1. The molecule has 0 aliphatic rings. The molecule has 0 amide bonds. The van der Waals surface area contributed by atoms with E-state index in [4.69, 9.17) is 33.8 Å². The first-order valence-electron chi connectivity index (χ1n) is 3.53. The van der Waals surface area contributed by atoms with Crippen LogP contribution in [0.5, 0.6) is 0 Å². The Morgan fingerprint density at radius 2 is 2.08 bits per heavy atom. The molecule has 0 N–H and O–H groups in total. The Kier molecular flexibility index (Phi) is 3.69. The molecule has 1 aromatic rings. The van der Waals surface area contributed by atoms with Crippen molar-refractivity contribution in [3.05, 3.63) is 34.9 Å². The highest BCUT2D eigenvalue weighted by Gasteiger charge is 2.00. The number of ether oxygens (including phenoxy) is 1. The summed E-state index contributed by atoms with van der Waals surface area (Å²) in [7, 11) is 0. The summed E-state index contributed by atoms with van der Waals surface area (Å²) < 4.78 is 4.94. The van der Waals surface area contributed by atoms with E-state index in [9.17, 15) is 0 Å². The number of hydrogen-bond donors (Lipinski definition) is 0. The number of hydrogen-bond acceptors (Lipinski definition) is 3. The summed E-state index contributed by atoms with van der Waals surface area (Å²) in [6.45, 7) is -0.0263. The van der Waals surface area contributed by atoms with Crippen LogP contribution in [0.4, 0.5) is 0 Å². The van der Waals surface area contributed by atoms with Crippen molar-refractivity contribution in [2.75, 3.05) is 6.61 Å². The van der Waals surface area contributed by atoms with Gasteiger partial charge in [-0.15, -0.1) is 0 Å². The minimum Gasteiger partial charge on any atom is -0.468 e. The van der Waals surface area contributed by atoms with Gasteiger partial charge in [-0.3, -0.25) is 0 Å². The molecule has 4 heteroatoms. The zero-order valence-electron chi connectivity index (χ0n) is 6.66. The van der Waals surface area contributed by atoms with E-state index in [1.807, 2.05) is 6.07 Å². The van der Waals surface area contributed by atoms with Crippen molar-refractivity contribution < 1.29 is 4.74 Å². The predicted molar refractivity (Wildman–Crippen MR) is 54.7 cm³/mol. The Bertz CT molecular complexity index is 342. The summed E-state index contributed by atoms with van der Waals surface area (Å²) in [5.41, 5.74) is 0.759. The van der Waals surface area contributed by atoms with Crippen LogP contribution in [0.25, 0.3) is 0 Å². The second-order valence-corrected chi connectivity index (χ2v) is 3.05. The third-order valence-corrected chi connectivity index (χ3v) is 1.95. The lowest BCUT2D eigenvalue weighted by Crippen LogP contribution is -2.03. The minimum absolute atomic E-state index is 0.0263. The van der Waals surface area contributed by atoms with Crippen molar-refractivity contribution in [3.63, 3.8) is 0 Å². The molecule has 0 saturated heterocycles. The van der Waals surface area contributed by atoms with Crippen LogP contribution in [0.1, 0.15) is 5.56 Å². The molecule has 1 rings (SSSR count). The number of rotatable bonds is 2. The molecule has 1 aromatic carbocycles. The van der Waals surface area contributed by atoms with Gasteiger partial charge in [0, 0.05) is 10.6 Å². The molecule has 0 heterocycles. The summed E-state index contributed by atoms with van der Waals surface area (Å²) in [6, 6.07) is 8.79. The van der Waals surface area contributed by atoms with Gasteiger partial charge in [0.25, 0.3) is 0 Å². The van der Waals surface area contributed by atoms with Gasteiger partial charge in [0.05, 0.1) is 0 Å². The van der Waals surface area contributed by atoms with Crippen molar-refractivity contribution in [1.29, 1.82) is 5.26 Å². The average Bonchev–Trinajstić information content (AvgIpc) is 2.15. The maximum absolute atomic E-state index is 8.25. The molecule has 0 bridgehead atoms. The topological polar surface area (TPSA) is 33.0 Å². The third kappa shape index (κ3) is 3.02. The molecule has 0 spiro atoms. The Morgan fingerprint density at radius 1 is 1.46 bits per heavy atom. The molecule has 0 aliphatic carbocycles. The zero-order chi connectivity index (χ0) is 9.68. The highest BCUT2D eigenvalue weighted by molar-refractivity contribution is 7.80. The molecule has 66 valence electrons. The van der Waals surface area contributed by atoms with Gasteiger partial charge in [-0.25, -0.2) is 0 Å². The van der Waals surface area contributed by atoms with Crippen LogP contribution in [0.15, 0.2) is 24.3 Å².